The highest BCUT2D eigenvalue weighted by Gasteiger charge is 2.25. The van der Waals surface area contributed by atoms with Crippen molar-refractivity contribution in [3.05, 3.63) is 29.3 Å². The van der Waals surface area contributed by atoms with Crippen molar-refractivity contribution in [2.45, 2.75) is 51.6 Å². The third-order valence-electron chi connectivity index (χ3n) is 4.08. The number of hydrogen-bond acceptors (Lipinski definition) is 3. The minimum Gasteiger partial charge on any atom is -0.490 e. The number of ketones is 1. The van der Waals surface area contributed by atoms with Gasteiger partial charge in [0.05, 0.1) is 5.60 Å². The first kappa shape index (κ1) is 14.1. The molecule has 0 bridgehead atoms. The summed E-state index contributed by atoms with van der Waals surface area (Å²) in [7, 11) is 0. The molecular weight excluding hydrogens is 240 g/mol. The molecule has 0 spiro atoms. The van der Waals surface area contributed by atoms with Crippen molar-refractivity contribution < 1.29 is 14.6 Å². The Bertz CT molecular complexity index is 461. The molecule has 0 aliphatic heterocycles. The Hall–Kier alpha value is -1.35. The maximum Gasteiger partial charge on any atom is 0.163 e. The summed E-state index contributed by atoms with van der Waals surface area (Å²) in [6.45, 7) is 4.19. The number of Topliss-reactive ketones (excluding diaryl/α,β-unsaturated/α-hetero) is 1. The van der Waals surface area contributed by atoms with E-state index >= 15 is 0 Å². The van der Waals surface area contributed by atoms with Crippen LogP contribution < -0.4 is 4.74 Å². The molecule has 19 heavy (non-hydrogen) atoms. The number of aliphatic hydroxyl groups is 1. The summed E-state index contributed by atoms with van der Waals surface area (Å²) in [5, 5.41) is 10.3. The summed E-state index contributed by atoms with van der Waals surface area (Å²) in [5.41, 5.74) is 1.02. The van der Waals surface area contributed by atoms with E-state index in [-0.39, 0.29) is 12.4 Å². The average Bonchev–Trinajstić information content (AvgIpc) is 2.45. The Balaban J connectivity index is 2.18. The third kappa shape index (κ3) is 2.98. The zero-order valence-corrected chi connectivity index (χ0v) is 11.7. The van der Waals surface area contributed by atoms with Crippen LogP contribution in [0.25, 0.3) is 0 Å². The Morgan fingerprint density at radius 3 is 2.68 bits per heavy atom. The monoisotopic (exact) mass is 262 g/mol. The predicted octanol–water partition coefficient (Wildman–Crippen LogP) is 3.14. The number of benzene rings is 1. The lowest BCUT2D eigenvalue weighted by Gasteiger charge is -2.26. The number of fused-ring (bicyclic) bond motifs is 1. The summed E-state index contributed by atoms with van der Waals surface area (Å²) in [6.07, 6.45) is 3.73. The second-order valence-corrected chi connectivity index (χ2v) is 5.28. The van der Waals surface area contributed by atoms with E-state index in [1.807, 2.05) is 32.0 Å². The molecule has 1 aliphatic rings. The molecule has 0 amide bonds. The van der Waals surface area contributed by atoms with Gasteiger partial charge < -0.3 is 9.84 Å². The molecule has 3 heteroatoms. The Morgan fingerprint density at radius 2 is 2.00 bits per heavy atom. The van der Waals surface area contributed by atoms with Gasteiger partial charge in [-0.25, -0.2) is 0 Å². The maximum atomic E-state index is 11.8. The Morgan fingerprint density at radius 1 is 1.26 bits per heavy atom. The normalized spacial score (nSPS) is 15.2. The van der Waals surface area contributed by atoms with Crippen LogP contribution in [0.4, 0.5) is 0 Å². The summed E-state index contributed by atoms with van der Waals surface area (Å²) in [5.74, 6) is 0.957. The summed E-state index contributed by atoms with van der Waals surface area (Å²) >= 11 is 0. The van der Waals surface area contributed by atoms with E-state index in [2.05, 4.69) is 0 Å². The lowest BCUT2D eigenvalue weighted by molar-refractivity contribution is -0.0116. The standard InChI is InChI=1S/C16H22O3/c1-3-16(18,4-2)11-19-15-10-6-7-12-13(15)8-5-9-14(12)17/h6-7,10,18H,3-5,8-9,11H2,1-2H3. The van der Waals surface area contributed by atoms with Crippen molar-refractivity contribution in [3.63, 3.8) is 0 Å². The van der Waals surface area contributed by atoms with Crippen LogP contribution in [-0.4, -0.2) is 23.1 Å². The fourth-order valence-corrected chi connectivity index (χ4v) is 2.45. The minimum atomic E-state index is -0.776. The van der Waals surface area contributed by atoms with Gasteiger partial charge >= 0.3 is 0 Å². The molecule has 0 radical (unpaired) electrons. The molecule has 0 heterocycles. The smallest absolute Gasteiger partial charge is 0.163 e. The zero-order chi connectivity index (χ0) is 13.9. The molecular formula is C16H22O3. The van der Waals surface area contributed by atoms with E-state index in [1.165, 1.54) is 0 Å². The molecule has 0 atom stereocenters. The van der Waals surface area contributed by atoms with Crippen LogP contribution in [0, 0.1) is 0 Å². The second-order valence-electron chi connectivity index (χ2n) is 5.28. The van der Waals surface area contributed by atoms with Gasteiger partial charge in [-0.05, 0) is 31.7 Å². The molecule has 1 aliphatic carbocycles. The first-order valence-electron chi connectivity index (χ1n) is 7.10. The largest absolute Gasteiger partial charge is 0.490 e. The molecule has 0 saturated carbocycles. The van der Waals surface area contributed by atoms with E-state index in [0.29, 0.717) is 19.3 Å². The Labute approximate surface area is 114 Å². The highest BCUT2D eigenvalue weighted by atomic mass is 16.5. The van der Waals surface area contributed by atoms with Gasteiger partial charge in [-0.2, -0.15) is 0 Å². The van der Waals surface area contributed by atoms with E-state index in [1.54, 1.807) is 0 Å². The molecule has 3 nitrogen and oxygen atoms in total. The lowest BCUT2D eigenvalue weighted by atomic mass is 9.90. The van der Waals surface area contributed by atoms with E-state index in [4.69, 9.17) is 4.74 Å². The molecule has 104 valence electrons. The quantitative estimate of drug-likeness (QED) is 0.886. The van der Waals surface area contributed by atoms with Crippen LogP contribution in [0.3, 0.4) is 0 Å². The number of ether oxygens (including phenoxy) is 1. The van der Waals surface area contributed by atoms with Crippen molar-refractivity contribution >= 4 is 5.78 Å². The van der Waals surface area contributed by atoms with Crippen LogP contribution >= 0.6 is 0 Å². The fraction of sp³-hybridized carbons (Fsp3) is 0.562. The number of carbonyl (C=O) groups excluding carboxylic acids is 1. The molecule has 0 aromatic heterocycles. The van der Waals surface area contributed by atoms with Gasteiger partial charge in [-0.15, -0.1) is 0 Å². The van der Waals surface area contributed by atoms with Crippen LogP contribution in [-0.2, 0) is 6.42 Å². The van der Waals surface area contributed by atoms with E-state index < -0.39 is 5.60 Å². The number of carbonyl (C=O) groups is 1. The van der Waals surface area contributed by atoms with Crippen LogP contribution in [0.2, 0.25) is 0 Å². The molecule has 1 aromatic carbocycles. The summed E-state index contributed by atoms with van der Waals surface area (Å²) < 4.78 is 5.80. The molecule has 2 rings (SSSR count). The van der Waals surface area contributed by atoms with Crippen LogP contribution in [0.15, 0.2) is 18.2 Å². The van der Waals surface area contributed by atoms with Gasteiger partial charge in [0.25, 0.3) is 0 Å². The first-order chi connectivity index (χ1) is 9.09. The van der Waals surface area contributed by atoms with Gasteiger partial charge in [0, 0.05) is 17.5 Å². The summed E-state index contributed by atoms with van der Waals surface area (Å²) in [4.78, 5) is 11.8. The van der Waals surface area contributed by atoms with Crippen molar-refractivity contribution in [1.82, 2.24) is 0 Å². The van der Waals surface area contributed by atoms with E-state index in [9.17, 15) is 9.90 Å². The molecule has 0 fully saturated rings. The topological polar surface area (TPSA) is 46.5 Å². The second kappa shape index (κ2) is 5.74. The van der Waals surface area contributed by atoms with Crippen LogP contribution in [0.5, 0.6) is 5.75 Å². The van der Waals surface area contributed by atoms with E-state index in [0.717, 1.165) is 29.7 Å². The average molecular weight is 262 g/mol. The molecule has 1 N–H and O–H groups in total. The first-order valence-corrected chi connectivity index (χ1v) is 7.10. The minimum absolute atomic E-state index is 0.202. The Kier molecular flexibility index (Phi) is 4.25. The highest BCUT2D eigenvalue weighted by molar-refractivity contribution is 5.99. The number of hydrogen-bond donors (Lipinski definition) is 1. The van der Waals surface area contributed by atoms with Gasteiger partial charge in [0.2, 0.25) is 0 Å². The number of rotatable bonds is 5. The molecule has 0 saturated heterocycles. The fourth-order valence-electron chi connectivity index (χ4n) is 2.45. The van der Waals surface area contributed by atoms with Gasteiger partial charge in [-0.3, -0.25) is 4.79 Å². The third-order valence-corrected chi connectivity index (χ3v) is 4.08. The van der Waals surface area contributed by atoms with Crippen molar-refractivity contribution in [2.24, 2.45) is 0 Å². The highest BCUT2D eigenvalue weighted by Crippen LogP contribution is 2.30. The SMILES string of the molecule is CCC(O)(CC)COc1cccc2c1CCCC2=O. The summed E-state index contributed by atoms with van der Waals surface area (Å²) in [6, 6.07) is 5.62. The zero-order valence-electron chi connectivity index (χ0n) is 11.7. The van der Waals surface area contributed by atoms with Crippen LogP contribution in [0.1, 0.15) is 55.5 Å². The molecule has 1 aromatic rings. The van der Waals surface area contributed by atoms with Gasteiger partial charge in [0.1, 0.15) is 12.4 Å². The molecule has 0 unspecified atom stereocenters. The van der Waals surface area contributed by atoms with Crippen molar-refractivity contribution in [2.75, 3.05) is 6.61 Å². The lowest BCUT2D eigenvalue weighted by Crippen LogP contribution is -2.34. The van der Waals surface area contributed by atoms with Gasteiger partial charge in [-0.1, -0.05) is 26.0 Å². The predicted molar refractivity (Wildman–Crippen MR) is 74.7 cm³/mol. The van der Waals surface area contributed by atoms with Crippen molar-refractivity contribution in [3.8, 4) is 5.75 Å². The van der Waals surface area contributed by atoms with Crippen molar-refractivity contribution in [1.29, 1.82) is 0 Å². The maximum absolute atomic E-state index is 11.8. The van der Waals surface area contributed by atoms with Gasteiger partial charge in [0.15, 0.2) is 5.78 Å².